The standard InChI is InChI=1S/C21H29N3O3/c1-20(2,3)26-18(25)12-8-11-17(27-22)15-21(4,19-23-13-14-24-19)16-9-6-5-7-10-16/h5-7,9-10,13-15H,8,11-12,22H2,1-4H3,(H,23,24). The molecule has 2 rings (SSSR count). The molecule has 6 nitrogen and oxygen atoms in total. The number of allylic oxidation sites excluding steroid dienone is 2. The topological polar surface area (TPSA) is 90.2 Å². The molecular formula is C21H29N3O3. The molecule has 1 heterocycles. The molecule has 3 N–H and O–H groups in total. The Morgan fingerprint density at radius 2 is 1.89 bits per heavy atom. The fourth-order valence-electron chi connectivity index (χ4n) is 2.91. The Hall–Kier alpha value is -2.60. The maximum atomic E-state index is 11.9. The van der Waals surface area contributed by atoms with Crippen LogP contribution in [0.3, 0.4) is 0 Å². The summed E-state index contributed by atoms with van der Waals surface area (Å²) in [6.07, 6.45) is 6.88. The van der Waals surface area contributed by atoms with Crippen molar-refractivity contribution in [2.24, 2.45) is 5.90 Å². The van der Waals surface area contributed by atoms with Crippen LogP contribution in [-0.4, -0.2) is 21.5 Å². The lowest BCUT2D eigenvalue weighted by Gasteiger charge is -2.25. The number of benzene rings is 1. The van der Waals surface area contributed by atoms with Gasteiger partial charge in [-0.15, -0.1) is 0 Å². The van der Waals surface area contributed by atoms with E-state index in [2.05, 4.69) is 9.97 Å². The zero-order valence-electron chi connectivity index (χ0n) is 16.5. The zero-order valence-corrected chi connectivity index (χ0v) is 16.5. The van der Waals surface area contributed by atoms with Gasteiger partial charge in [0.1, 0.15) is 17.2 Å². The Morgan fingerprint density at radius 1 is 1.19 bits per heavy atom. The number of aromatic nitrogens is 2. The molecule has 146 valence electrons. The maximum absolute atomic E-state index is 11.9. The number of hydrogen-bond donors (Lipinski definition) is 2. The number of aromatic amines is 1. The minimum absolute atomic E-state index is 0.226. The van der Waals surface area contributed by atoms with Gasteiger partial charge < -0.3 is 14.6 Å². The molecule has 0 aliphatic rings. The van der Waals surface area contributed by atoms with Crippen LogP contribution in [0, 0.1) is 0 Å². The van der Waals surface area contributed by atoms with Crippen LogP contribution in [0.25, 0.3) is 0 Å². The van der Waals surface area contributed by atoms with Crippen LogP contribution in [0.4, 0.5) is 0 Å². The highest BCUT2D eigenvalue weighted by Crippen LogP contribution is 2.33. The minimum atomic E-state index is -0.536. The van der Waals surface area contributed by atoms with Crippen molar-refractivity contribution in [3.63, 3.8) is 0 Å². The van der Waals surface area contributed by atoms with Gasteiger partial charge in [0.2, 0.25) is 0 Å². The fourth-order valence-corrected chi connectivity index (χ4v) is 2.91. The predicted molar refractivity (Wildman–Crippen MR) is 105 cm³/mol. The van der Waals surface area contributed by atoms with Gasteiger partial charge >= 0.3 is 5.97 Å². The number of hydrogen-bond acceptors (Lipinski definition) is 5. The van der Waals surface area contributed by atoms with Crippen molar-refractivity contribution in [1.29, 1.82) is 0 Å². The third-order valence-electron chi connectivity index (χ3n) is 4.19. The SMILES string of the molecule is CC(C)(C)OC(=O)CCCC(=CC(C)(c1ccccc1)c1ncc[nH]1)ON. The molecule has 0 aliphatic heterocycles. The number of esters is 1. The molecule has 0 aliphatic carbocycles. The molecule has 0 fully saturated rings. The molecule has 1 unspecified atom stereocenters. The first-order chi connectivity index (χ1) is 12.7. The number of nitrogens with zero attached hydrogens (tertiary/aromatic N) is 1. The molecule has 0 spiro atoms. The van der Waals surface area contributed by atoms with Crippen LogP contribution in [-0.2, 0) is 19.8 Å². The summed E-state index contributed by atoms with van der Waals surface area (Å²) >= 11 is 0. The Morgan fingerprint density at radius 3 is 2.44 bits per heavy atom. The van der Waals surface area contributed by atoms with Gasteiger partial charge in [-0.1, -0.05) is 30.3 Å². The molecule has 1 atom stereocenters. The third kappa shape index (κ3) is 5.96. The lowest BCUT2D eigenvalue weighted by Crippen LogP contribution is -2.24. The Kier molecular flexibility index (Phi) is 6.80. The number of imidazole rings is 1. The summed E-state index contributed by atoms with van der Waals surface area (Å²) in [5.74, 6) is 6.67. The molecule has 0 saturated carbocycles. The number of carbonyl (C=O) groups excluding carboxylic acids is 1. The molecule has 0 radical (unpaired) electrons. The van der Waals surface area contributed by atoms with Gasteiger partial charge in [-0.25, -0.2) is 4.98 Å². The van der Waals surface area contributed by atoms with Crippen LogP contribution in [0.5, 0.6) is 0 Å². The van der Waals surface area contributed by atoms with Crippen LogP contribution < -0.4 is 5.90 Å². The molecule has 2 aromatic rings. The largest absolute Gasteiger partial charge is 0.460 e. The van der Waals surface area contributed by atoms with E-state index in [9.17, 15) is 4.79 Å². The molecule has 1 aromatic carbocycles. The van der Waals surface area contributed by atoms with Crippen molar-refractivity contribution in [3.8, 4) is 0 Å². The van der Waals surface area contributed by atoms with E-state index in [0.717, 1.165) is 11.4 Å². The second-order valence-corrected chi connectivity index (χ2v) is 7.67. The van der Waals surface area contributed by atoms with Gasteiger partial charge in [-0.2, -0.15) is 5.90 Å². The minimum Gasteiger partial charge on any atom is -0.460 e. The Labute approximate surface area is 160 Å². The summed E-state index contributed by atoms with van der Waals surface area (Å²) in [5.41, 5.74) is 0.0399. The number of rotatable bonds is 8. The average molecular weight is 371 g/mol. The highest BCUT2D eigenvalue weighted by atomic mass is 16.6. The second kappa shape index (κ2) is 8.86. The molecular weight excluding hydrogens is 342 g/mol. The second-order valence-electron chi connectivity index (χ2n) is 7.67. The summed E-state index contributed by atoms with van der Waals surface area (Å²) in [6.45, 7) is 7.61. The van der Waals surface area contributed by atoms with E-state index >= 15 is 0 Å². The molecule has 1 aromatic heterocycles. The van der Waals surface area contributed by atoms with E-state index in [1.807, 2.05) is 64.1 Å². The summed E-state index contributed by atoms with van der Waals surface area (Å²) in [6, 6.07) is 10.0. The first-order valence-corrected chi connectivity index (χ1v) is 9.10. The number of nitrogens with one attached hydrogen (secondary N) is 1. The van der Waals surface area contributed by atoms with E-state index < -0.39 is 11.0 Å². The van der Waals surface area contributed by atoms with Crippen molar-refractivity contribution < 1.29 is 14.4 Å². The van der Waals surface area contributed by atoms with E-state index in [-0.39, 0.29) is 5.97 Å². The van der Waals surface area contributed by atoms with Crippen LogP contribution in [0.15, 0.2) is 54.6 Å². The highest BCUT2D eigenvalue weighted by molar-refractivity contribution is 5.69. The Bertz CT molecular complexity index is 749. The average Bonchev–Trinajstić information content (AvgIpc) is 3.15. The Balaban J connectivity index is 2.16. The predicted octanol–water partition coefficient (Wildman–Crippen LogP) is 4.00. The molecule has 6 heteroatoms. The van der Waals surface area contributed by atoms with Crippen LogP contribution in [0.1, 0.15) is 58.3 Å². The van der Waals surface area contributed by atoms with Crippen molar-refractivity contribution >= 4 is 5.97 Å². The van der Waals surface area contributed by atoms with E-state index in [1.165, 1.54) is 0 Å². The van der Waals surface area contributed by atoms with Gasteiger partial charge in [0, 0.05) is 25.2 Å². The summed E-state index contributed by atoms with van der Waals surface area (Å²) in [5, 5.41) is 0. The van der Waals surface area contributed by atoms with Crippen molar-refractivity contribution in [2.45, 2.75) is 58.0 Å². The monoisotopic (exact) mass is 371 g/mol. The summed E-state index contributed by atoms with van der Waals surface area (Å²) in [4.78, 5) is 24.6. The van der Waals surface area contributed by atoms with Gasteiger partial charge in [0.05, 0.1) is 5.41 Å². The van der Waals surface area contributed by atoms with Crippen LogP contribution >= 0.6 is 0 Å². The lowest BCUT2D eigenvalue weighted by atomic mass is 9.80. The van der Waals surface area contributed by atoms with Crippen molar-refractivity contribution in [2.75, 3.05) is 0 Å². The maximum Gasteiger partial charge on any atom is 0.306 e. The van der Waals surface area contributed by atoms with Gasteiger partial charge in [-0.3, -0.25) is 4.79 Å². The highest BCUT2D eigenvalue weighted by Gasteiger charge is 2.30. The third-order valence-corrected chi connectivity index (χ3v) is 4.19. The van der Waals surface area contributed by atoms with E-state index in [0.29, 0.717) is 25.0 Å². The first kappa shape index (κ1) is 20.7. The normalized spacial score (nSPS) is 14.5. The molecule has 0 saturated heterocycles. The van der Waals surface area contributed by atoms with Gasteiger partial charge in [0.25, 0.3) is 0 Å². The molecule has 0 amide bonds. The number of H-pyrrole nitrogens is 1. The number of ether oxygens (including phenoxy) is 1. The molecule has 0 bridgehead atoms. The fraction of sp³-hybridized carbons (Fsp3) is 0.429. The number of carbonyl (C=O) groups is 1. The van der Waals surface area contributed by atoms with E-state index in [1.54, 1.807) is 12.4 Å². The quantitative estimate of drug-likeness (QED) is 0.416. The lowest BCUT2D eigenvalue weighted by molar-refractivity contribution is -0.154. The molecule has 27 heavy (non-hydrogen) atoms. The van der Waals surface area contributed by atoms with Crippen molar-refractivity contribution in [3.05, 3.63) is 65.9 Å². The summed E-state index contributed by atoms with van der Waals surface area (Å²) in [7, 11) is 0. The van der Waals surface area contributed by atoms with Gasteiger partial charge in [0.15, 0.2) is 0 Å². The summed E-state index contributed by atoms with van der Waals surface area (Å²) < 4.78 is 5.34. The zero-order chi connectivity index (χ0) is 19.9. The smallest absolute Gasteiger partial charge is 0.306 e. The van der Waals surface area contributed by atoms with E-state index in [4.69, 9.17) is 15.5 Å². The van der Waals surface area contributed by atoms with Crippen molar-refractivity contribution in [1.82, 2.24) is 9.97 Å². The van der Waals surface area contributed by atoms with Crippen LogP contribution in [0.2, 0.25) is 0 Å². The van der Waals surface area contributed by atoms with Gasteiger partial charge in [-0.05, 0) is 45.8 Å². The number of nitrogens with two attached hydrogens (primary N) is 1. The first-order valence-electron chi connectivity index (χ1n) is 9.10.